The fourth-order valence-corrected chi connectivity index (χ4v) is 2.05. The maximum Gasteiger partial charge on any atom is 0.103 e. The van der Waals surface area contributed by atoms with Crippen LogP contribution in [0.15, 0.2) is 18.6 Å². The normalized spacial score (nSPS) is 12.7. The number of aryl methyl sites for hydroxylation is 2. The van der Waals surface area contributed by atoms with E-state index in [0.717, 1.165) is 17.9 Å². The maximum absolute atomic E-state index is 10.1. The van der Waals surface area contributed by atoms with Gasteiger partial charge in [0.15, 0.2) is 0 Å². The van der Waals surface area contributed by atoms with Crippen molar-refractivity contribution in [3.63, 3.8) is 0 Å². The zero-order chi connectivity index (χ0) is 13.1. The molecule has 96 valence electrons. The van der Waals surface area contributed by atoms with Gasteiger partial charge < -0.3 is 5.11 Å². The third kappa shape index (κ3) is 2.52. The Morgan fingerprint density at radius 1 is 1.44 bits per heavy atom. The Morgan fingerprint density at radius 3 is 2.83 bits per heavy atom. The third-order valence-electron chi connectivity index (χ3n) is 2.76. The minimum Gasteiger partial charge on any atom is -0.386 e. The molecule has 0 bridgehead atoms. The highest BCUT2D eigenvalue weighted by Crippen LogP contribution is 2.25. The summed E-state index contributed by atoms with van der Waals surface area (Å²) in [5.41, 5.74) is 2.14. The monoisotopic (exact) mass is 266 g/mol. The molecule has 18 heavy (non-hydrogen) atoms. The molecule has 2 aromatic rings. The summed E-state index contributed by atoms with van der Waals surface area (Å²) in [7, 11) is 0. The second kappa shape index (κ2) is 5.46. The van der Waals surface area contributed by atoms with Gasteiger partial charge in [0, 0.05) is 25.4 Å². The number of hydrogen-bond donors (Lipinski definition) is 1. The highest BCUT2D eigenvalue weighted by molar-refractivity contribution is 6.31. The van der Waals surface area contributed by atoms with Crippen molar-refractivity contribution in [2.24, 2.45) is 0 Å². The SMILES string of the molecule is CCn1nc(C)c(Cl)c1CC(O)c1cnccn1. The topological polar surface area (TPSA) is 63.8 Å². The summed E-state index contributed by atoms with van der Waals surface area (Å²) in [5.74, 6) is 0. The van der Waals surface area contributed by atoms with Gasteiger partial charge in [0.1, 0.15) is 6.10 Å². The molecule has 0 aliphatic carbocycles. The van der Waals surface area contributed by atoms with Crippen LogP contribution in [0.4, 0.5) is 0 Å². The molecular formula is C12H15ClN4O. The summed E-state index contributed by atoms with van der Waals surface area (Å²) in [6.07, 6.45) is 4.34. The largest absolute Gasteiger partial charge is 0.386 e. The number of hydrogen-bond acceptors (Lipinski definition) is 4. The first kappa shape index (κ1) is 13.0. The summed E-state index contributed by atoms with van der Waals surface area (Å²) in [4.78, 5) is 8.02. The molecule has 0 aliphatic rings. The van der Waals surface area contributed by atoms with Crippen LogP contribution in [0.3, 0.4) is 0 Å². The van der Waals surface area contributed by atoms with Crippen LogP contribution in [-0.2, 0) is 13.0 Å². The van der Waals surface area contributed by atoms with E-state index in [1.54, 1.807) is 23.3 Å². The Balaban J connectivity index is 2.24. The summed E-state index contributed by atoms with van der Waals surface area (Å²) in [5, 5.41) is 15.0. The molecule has 0 saturated carbocycles. The van der Waals surface area contributed by atoms with Crippen molar-refractivity contribution in [1.29, 1.82) is 0 Å². The molecular weight excluding hydrogens is 252 g/mol. The van der Waals surface area contributed by atoms with Crippen molar-refractivity contribution in [1.82, 2.24) is 19.7 Å². The van der Waals surface area contributed by atoms with Gasteiger partial charge in [-0.3, -0.25) is 14.6 Å². The van der Waals surface area contributed by atoms with E-state index in [0.29, 0.717) is 17.1 Å². The Morgan fingerprint density at radius 2 is 2.22 bits per heavy atom. The molecule has 1 N–H and O–H groups in total. The van der Waals surface area contributed by atoms with Gasteiger partial charge in [0.2, 0.25) is 0 Å². The van der Waals surface area contributed by atoms with Crippen molar-refractivity contribution in [2.45, 2.75) is 32.9 Å². The minimum atomic E-state index is -0.724. The number of aliphatic hydroxyl groups excluding tert-OH is 1. The maximum atomic E-state index is 10.1. The molecule has 1 unspecified atom stereocenters. The quantitative estimate of drug-likeness (QED) is 0.918. The van der Waals surface area contributed by atoms with Gasteiger partial charge in [-0.25, -0.2) is 0 Å². The Bertz CT molecular complexity index is 526. The highest BCUT2D eigenvalue weighted by Gasteiger charge is 2.18. The van der Waals surface area contributed by atoms with Gasteiger partial charge in [0.05, 0.1) is 28.3 Å². The molecule has 6 heteroatoms. The molecule has 2 aromatic heterocycles. The van der Waals surface area contributed by atoms with Crippen molar-refractivity contribution < 1.29 is 5.11 Å². The van der Waals surface area contributed by atoms with Gasteiger partial charge in [-0.2, -0.15) is 5.10 Å². The first-order chi connectivity index (χ1) is 8.63. The van der Waals surface area contributed by atoms with Crippen molar-refractivity contribution in [3.05, 3.63) is 40.7 Å². The molecule has 0 fully saturated rings. The molecule has 2 heterocycles. The van der Waals surface area contributed by atoms with E-state index in [2.05, 4.69) is 15.1 Å². The first-order valence-corrected chi connectivity index (χ1v) is 6.17. The lowest BCUT2D eigenvalue weighted by Crippen LogP contribution is -2.10. The van der Waals surface area contributed by atoms with Crippen LogP contribution < -0.4 is 0 Å². The van der Waals surface area contributed by atoms with E-state index >= 15 is 0 Å². The number of aromatic nitrogens is 4. The number of nitrogens with zero attached hydrogens (tertiary/aromatic N) is 4. The van der Waals surface area contributed by atoms with Gasteiger partial charge in [-0.15, -0.1) is 0 Å². The van der Waals surface area contributed by atoms with Gasteiger partial charge >= 0.3 is 0 Å². The molecule has 1 atom stereocenters. The molecule has 0 saturated heterocycles. The van der Waals surface area contributed by atoms with E-state index < -0.39 is 6.10 Å². The van der Waals surface area contributed by atoms with Crippen LogP contribution in [0.2, 0.25) is 5.02 Å². The number of halogens is 1. The molecule has 0 radical (unpaired) electrons. The van der Waals surface area contributed by atoms with Crippen molar-refractivity contribution >= 4 is 11.6 Å². The van der Waals surface area contributed by atoms with Gasteiger partial charge in [-0.05, 0) is 13.8 Å². The first-order valence-electron chi connectivity index (χ1n) is 5.79. The summed E-state index contributed by atoms with van der Waals surface area (Å²) < 4.78 is 1.80. The van der Waals surface area contributed by atoms with E-state index in [1.165, 1.54) is 0 Å². The summed E-state index contributed by atoms with van der Waals surface area (Å²) >= 11 is 6.19. The van der Waals surface area contributed by atoms with E-state index in [4.69, 9.17) is 11.6 Å². The fourth-order valence-electron chi connectivity index (χ4n) is 1.83. The predicted octanol–water partition coefficient (Wildman–Crippen LogP) is 1.93. The smallest absolute Gasteiger partial charge is 0.103 e. The standard InChI is InChI=1S/C12H15ClN4O/c1-3-17-10(12(13)8(2)16-17)6-11(18)9-7-14-4-5-15-9/h4-5,7,11,18H,3,6H2,1-2H3. The Labute approximate surface area is 110 Å². The zero-order valence-electron chi connectivity index (χ0n) is 10.3. The second-order valence-corrected chi connectivity index (χ2v) is 4.39. The fraction of sp³-hybridized carbons (Fsp3) is 0.417. The van der Waals surface area contributed by atoms with Gasteiger partial charge in [0.25, 0.3) is 0 Å². The molecule has 0 aliphatic heterocycles. The molecule has 5 nitrogen and oxygen atoms in total. The van der Waals surface area contributed by atoms with Crippen LogP contribution >= 0.6 is 11.6 Å². The Hall–Kier alpha value is -1.46. The minimum absolute atomic E-state index is 0.381. The lowest BCUT2D eigenvalue weighted by Gasteiger charge is -2.11. The molecule has 0 amide bonds. The lowest BCUT2D eigenvalue weighted by molar-refractivity contribution is 0.170. The van der Waals surface area contributed by atoms with Crippen molar-refractivity contribution in [3.8, 4) is 0 Å². The van der Waals surface area contributed by atoms with Crippen LogP contribution in [0.25, 0.3) is 0 Å². The van der Waals surface area contributed by atoms with Crippen molar-refractivity contribution in [2.75, 3.05) is 0 Å². The third-order valence-corrected chi connectivity index (χ3v) is 3.26. The average molecular weight is 267 g/mol. The highest BCUT2D eigenvalue weighted by atomic mass is 35.5. The van der Waals surface area contributed by atoms with Crippen LogP contribution in [0, 0.1) is 6.92 Å². The average Bonchev–Trinajstić information content (AvgIpc) is 2.67. The van der Waals surface area contributed by atoms with E-state index in [-0.39, 0.29) is 0 Å². The molecule has 0 spiro atoms. The van der Waals surface area contributed by atoms with E-state index in [1.807, 2.05) is 13.8 Å². The van der Waals surface area contributed by atoms with Crippen LogP contribution in [0.1, 0.15) is 30.1 Å². The zero-order valence-corrected chi connectivity index (χ0v) is 11.1. The van der Waals surface area contributed by atoms with Crippen LogP contribution in [-0.4, -0.2) is 24.9 Å². The lowest BCUT2D eigenvalue weighted by atomic mass is 10.1. The van der Waals surface area contributed by atoms with Gasteiger partial charge in [-0.1, -0.05) is 11.6 Å². The predicted molar refractivity (Wildman–Crippen MR) is 68.3 cm³/mol. The van der Waals surface area contributed by atoms with E-state index in [9.17, 15) is 5.11 Å². The molecule has 0 aromatic carbocycles. The second-order valence-electron chi connectivity index (χ2n) is 4.01. The molecule has 2 rings (SSSR count). The Kier molecular flexibility index (Phi) is 3.93. The number of rotatable bonds is 4. The summed E-state index contributed by atoms with van der Waals surface area (Å²) in [6, 6.07) is 0. The summed E-state index contributed by atoms with van der Waals surface area (Å²) in [6.45, 7) is 4.56. The van der Waals surface area contributed by atoms with Crippen LogP contribution in [0.5, 0.6) is 0 Å². The number of aliphatic hydroxyl groups is 1.